The van der Waals surface area contributed by atoms with E-state index >= 15 is 0 Å². The summed E-state index contributed by atoms with van der Waals surface area (Å²) < 4.78 is 0. The van der Waals surface area contributed by atoms with Crippen LogP contribution >= 0.6 is 0 Å². The van der Waals surface area contributed by atoms with E-state index in [1.165, 1.54) is 22.8 Å². The summed E-state index contributed by atoms with van der Waals surface area (Å²) in [6.45, 7) is 2.07. The average Bonchev–Trinajstić information content (AvgIpc) is 2.82. The molecule has 1 N–H and O–H groups in total. The normalized spacial score (nSPS) is 16.8. The van der Waals surface area contributed by atoms with Crippen molar-refractivity contribution in [3.05, 3.63) is 69.3 Å². The van der Waals surface area contributed by atoms with Crippen LogP contribution in [-0.4, -0.2) is 4.92 Å². The number of nitro benzene ring substituents is 1. The van der Waals surface area contributed by atoms with Crippen molar-refractivity contribution >= 4 is 11.4 Å². The molecule has 1 atom stereocenters. The summed E-state index contributed by atoms with van der Waals surface area (Å²) in [5.41, 5.74) is 4.56. The Kier molecular flexibility index (Phi) is 3.14. The zero-order valence-corrected chi connectivity index (χ0v) is 11.3. The van der Waals surface area contributed by atoms with E-state index in [9.17, 15) is 10.1 Å². The molecule has 0 saturated carbocycles. The van der Waals surface area contributed by atoms with Crippen molar-refractivity contribution in [1.29, 1.82) is 0 Å². The van der Waals surface area contributed by atoms with Crippen LogP contribution in [0.3, 0.4) is 0 Å². The fourth-order valence-corrected chi connectivity index (χ4v) is 2.81. The first-order valence-electron chi connectivity index (χ1n) is 6.74. The van der Waals surface area contributed by atoms with Crippen molar-refractivity contribution < 1.29 is 4.92 Å². The minimum absolute atomic E-state index is 0.133. The summed E-state index contributed by atoms with van der Waals surface area (Å²) in [7, 11) is 0. The number of fused-ring (bicyclic) bond motifs is 1. The van der Waals surface area contributed by atoms with Gasteiger partial charge < -0.3 is 5.32 Å². The number of anilines is 1. The van der Waals surface area contributed by atoms with Gasteiger partial charge >= 0.3 is 0 Å². The van der Waals surface area contributed by atoms with Gasteiger partial charge in [0.05, 0.1) is 11.0 Å². The highest BCUT2D eigenvalue weighted by Crippen LogP contribution is 2.36. The Balaban J connectivity index is 1.91. The van der Waals surface area contributed by atoms with Gasteiger partial charge in [-0.15, -0.1) is 0 Å². The van der Waals surface area contributed by atoms with Crippen molar-refractivity contribution in [2.45, 2.75) is 25.8 Å². The molecule has 0 fully saturated rings. The second-order valence-corrected chi connectivity index (χ2v) is 5.21. The summed E-state index contributed by atoms with van der Waals surface area (Å²) in [4.78, 5) is 10.7. The lowest BCUT2D eigenvalue weighted by molar-refractivity contribution is -0.384. The number of hydrogen-bond acceptors (Lipinski definition) is 3. The molecule has 0 heterocycles. The van der Waals surface area contributed by atoms with E-state index in [0.29, 0.717) is 5.69 Å². The molecule has 0 aliphatic heterocycles. The van der Waals surface area contributed by atoms with Crippen molar-refractivity contribution in [2.75, 3.05) is 5.32 Å². The predicted octanol–water partition coefficient (Wildman–Crippen LogP) is 4.00. The maximum atomic E-state index is 11.1. The minimum Gasteiger partial charge on any atom is -0.373 e. The highest BCUT2D eigenvalue weighted by molar-refractivity contribution is 5.62. The lowest BCUT2D eigenvalue weighted by Crippen LogP contribution is -2.08. The highest BCUT2D eigenvalue weighted by atomic mass is 16.6. The monoisotopic (exact) mass is 268 g/mol. The van der Waals surface area contributed by atoms with Crippen LogP contribution in [-0.2, 0) is 6.42 Å². The first-order chi connectivity index (χ1) is 9.65. The van der Waals surface area contributed by atoms with Gasteiger partial charge in [-0.1, -0.05) is 35.9 Å². The van der Waals surface area contributed by atoms with Gasteiger partial charge in [-0.2, -0.15) is 0 Å². The quantitative estimate of drug-likeness (QED) is 0.676. The minimum atomic E-state index is -0.339. The van der Waals surface area contributed by atoms with Gasteiger partial charge in [-0.25, -0.2) is 0 Å². The van der Waals surface area contributed by atoms with Crippen LogP contribution in [0.4, 0.5) is 11.4 Å². The average molecular weight is 268 g/mol. The molecular formula is C16H16N2O2. The second-order valence-electron chi connectivity index (χ2n) is 5.21. The van der Waals surface area contributed by atoms with Crippen molar-refractivity contribution in [3.63, 3.8) is 0 Å². The van der Waals surface area contributed by atoms with Gasteiger partial charge in [-0.3, -0.25) is 10.1 Å². The maximum Gasteiger partial charge on any atom is 0.292 e. The molecule has 3 rings (SSSR count). The standard InChI is InChI=1S/C16H16N2O2/c1-11-6-7-12-8-9-14(13(12)10-11)17-15-4-2-3-5-16(15)18(19)20/h2-7,10,14,17H,8-9H2,1H3. The predicted molar refractivity (Wildman–Crippen MR) is 79.0 cm³/mol. The molecule has 0 bridgehead atoms. The van der Waals surface area contributed by atoms with E-state index in [0.717, 1.165) is 12.8 Å². The molecule has 20 heavy (non-hydrogen) atoms. The van der Waals surface area contributed by atoms with Gasteiger partial charge in [0.25, 0.3) is 5.69 Å². The van der Waals surface area contributed by atoms with E-state index < -0.39 is 0 Å². The van der Waals surface area contributed by atoms with Crippen LogP contribution in [0.25, 0.3) is 0 Å². The third-order valence-corrected chi connectivity index (χ3v) is 3.81. The molecule has 1 aliphatic rings. The van der Waals surface area contributed by atoms with Gasteiger partial charge in [0.15, 0.2) is 0 Å². The van der Waals surface area contributed by atoms with Gasteiger partial charge in [0.1, 0.15) is 5.69 Å². The van der Waals surface area contributed by atoms with E-state index in [1.54, 1.807) is 12.1 Å². The molecule has 0 radical (unpaired) electrons. The molecule has 0 spiro atoms. The second kappa shape index (κ2) is 4.96. The Hall–Kier alpha value is -2.36. The molecule has 102 valence electrons. The first kappa shape index (κ1) is 12.7. The zero-order chi connectivity index (χ0) is 14.1. The number of nitrogens with zero attached hydrogens (tertiary/aromatic N) is 1. The Morgan fingerprint density at radius 3 is 2.85 bits per heavy atom. The summed E-state index contributed by atoms with van der Waals surface area (Å²) in [6, 6.07) is 13.4. The number of aryl methyl sites for hydroxylation is 2. The number of hydrogen-bond donors (Lipinski definition) is 1. The summed E-state index contributed by atoms with van der Waals surface area (Å²) in [5, 5.41) is 14.4. The lowest BCUT2D eigenvalue weighted by atomic mass is 10.0. The van der Waals surface area contributed by atoms with E-state index in [-0.39, 0.29) is 16.7 Å². The van der Waals surface area contributed by atoms with Crippen LogP contribution in [0.5, 0.6) is 0 Å². The summed E-state index contributed by atoms with van der Waals surface area (Å²) in [5.74, 6) is 0. The molecular weight excluding hydrogens is 252 g/mol. The van der Waals surface area contributed by atoms with Crippen molar-refractivity contribution in [3.8, 4) is 0 Å². The molecule has 4 nitrogen and oxygen atoms in total. The van der Waals surface area contributed by atoms with Gasteiger partial charge in [-0.05, 0) is 37.0 Å². The van der Waals surface area contributed by atoms with Crippen molar-refractivity contribution in [2.24, 2.45) is 0 Å². The molecule has 0 aromatic heterocycles. The van der Waals surface area contributed by atoms with E-state index in [4.69, 9.17) is 0 Å². The number of nitrogens with one attached hydrogen (secondary N) is 1. The van der Waals surface area contributed by atoms with Crippen LogP contribution in [0.1, 0.15) is 29.2 Å². The fraction of sp³-hybridized carbons (Fsp3) is 0.250. The molecule has 4 heteroatoms. The summed E-state index contributed by atoms with van der Waals surface area (Å²) in [6.07, 6.45) is 2.00. The molecule has 2 aromatic carbocycles. The molecule has 1 unspecified atom stereocenters. The van der Waals surface area contributed by atoms with Crippen LogP contribution < -0.4 is 5.32 Å². The zero-order valence-electron chi connectivity index (χ0n) is 11.3. The van der Waals surface area contributed by atoms with Crippen LogP contribution in [0.2, 0.25) is 0 Å². The smallest absolute Gasteiger partial charge is 0.292 e. The van der Waals surface area contributed by atoms with E-state index in [2.05, 4.69) is 30.4 Å². The lowest BCUT2D eigenvalue weighted by Gasteiger charge is -2.16. The molecule has 2 aromatic rings. The number of rotatable bonds is 3. The summed E-state index contributed by atoms with van der Waals surface area (Å²) >= 11 is 0. The van der Waals surface area contributed by atoms with Crippen LogP contribution in [0, 0.1) is 17.0 Å². The Labute approximate surface area is 117 Å². The maximum absolute atomic E-state index is 11.1. The van der Waals surface area contributed by atoms with Gasteiger partial charge in [0, 0.05) is 6.07 Å². The van der Waals surface area contributed by atoms with Crippen molar-refractivity contribution in [1.82, 2.24) is 0 Å². The highest BCUT2D eigenvalue weighted by Gasteiger charge is 2.24. The van der Waals surface area contributed by atoms with E-state index in [1.807, 2.05) is 6.07 Å². The topological polar surface area (TPSA) is 55.2 Å². The molecule has 1 aliphatic carbocycles. The Morgan fingerprint density at radius 1 is 1.25 bits per heavy atom. The first-order valence-corrected chi connectivity index (χ1v) is 6.74. The fourth-order valence-electron chi connectivity index (χ4n) is 2.81. The molecule has 0 amide bonds. The van der Waals surface area contributed by atoms with Gasteiger partial charge in [0.2, 0.25) is 0 Å². The Bertz CT molecular complexity index is 667. The third-order valence-electron chi connectivity index (χ3n) is 3.81. The Morgan fingerprint density at radius 2 is 2.05 bits per heavy atom. The number of benzene rings is 2. The largest absolute Gasteiger partial charge is 0.373 e. The molecule has 0 saturated heterocycles. The van der Waals surface area contributed by atoms with Crippen LogP contribution in [0.15, 0.2) is 42.5 Å². The number of nitro groups is 1. The number of para-hydroxylation sites is 2. The third kappa shape index (κ3) is 2.25. The SMILES string of the molecule is Cc1ccc2c(c1)C(Nc1ccccc1[N+](=O)[O-])CC2.